The first-order chi connectivity index (χ1) is 12.6. The summed E-state index contributed by atoms with van der Waals surface area (Å²) in [5.41, 5.74) is 9.45. The number of aromatic amines is 1. The van der Waals surface area contributed by atoms with E-state index in [1.807, 2.05) is 13.8 Å². The number of carbonyl (C=O) groups excluding carboxylic acids is 1. The average molecular weight is 375 g/mol. The average Bonchev–Trinajstić information content (AvgIpc) is 2.86. The number of nitrogens with one attached hydrogen (secondary N) is 2. The molecule has 1 amide bonds. The lowest BCUT2D eigenvalue weighted by Gasteiger charge is -2.65. The molecule has 5 rings (SSSR count). The van der Waals surface area contributed by atoms with Gasteiger partial charge in [-0.25, -0.2) is 0 Å². The fourth-order valence-electron chi connectivity index (χ4n) is 7.20. The van der Waals surface area contributed by atoms with Gasteiger partial charge in [0, 0.05) is 17.8 Å². The highest BCUT2D eigenvalue weighted by atomic mass is 16.5. The van der Waals surface area contributed by atoms with Crippen molar-refractivity contribution in [2.45, 2.75) is 77.9 Å². The Morgan fingerprint density at radius 1 is 1.26 bits per heavy atom. The van der Waals surface area contributed by atoms with Crippen LogP contribution >= 0.6 is 0 Å². The van der Waals surface area contributed by atoms with Crippen LogP contribution in [0.1, 0.15) is 75.4 Å². The minimum absolute atomic E-state index is 0.0213. The predicted octanol–water partition coefficient (Wildman–Crippen LogP) is 2.91. The van der Waals surface area contributed by atoms with Gasteiger partial charge < -0.3 is 15.8 Å². The Kier molecular flexibility index (Phi) is 4.43. The Morgan fingerprint density at radius 2 is 1.93 bits per heavy atom. The zero-order chi connectivity index (χ0) is 19.4. The molecule has 4 aliphatic carbocycles. The highest BCUT2D eigenvalue weighted by molar-refractivity contribution is 5.83. The van der Waals surface area contributed by atoms with Crippen LogP contribution in [0.15, 0.2) is 0 Å². The quantitative estimate of drug-likeness (QED) is 0.668. The Balaban J connectivity index is 1.31. The fraction of sp³-hybridized carbons (Fsp3) is 0.810. The van der Waals surface area contributed by atoms with Crippen molar-refractivity contribution < 1.29 is 9.53 Å². The summed E-state index contributed by atoms with van der Waals surface area (Å²) in [5, 5.41) is 9.96. The van der Waals surface area contributed by atoms with Crippen molar-refractivity contribution in [3.05, 3.63) is 17.0 Å². The van der Waals surface area contributed by atoms with E-state index in [0.29, 0.717) is 24.0 Å². The molecule has 0 aliphatic heterocycles. The summed E-state index contributed by atoms with van der Waals surface area (Å²) in [5.74, 6) is 0.641. The second-order valence-corrected chi connectivity index (χ2v) is 10.3. The standard InChI is InChI=1S/C21H34N4O2/c1-13-16(14(2)25-24-13)17(22)18(26)23-5-6-27-21-9-15-7-19(3,11-21)10-20(4,8-15)12-21/h15,17H,5-12,22H2,1-4H3,(H,23,26)(H,24,25)/t15?,17-,19-,20-,21?/m1/s1. The van der Waals surface area contributed by atoms with Gasteiger partial charge in [0.1, 0.15) is 6.04 Å². The van der Waals surface area contributed by atoms with Crippen LogP contribution in [0.3, 0.4) is 0 Å². The predicted molar refractivity (Wildman–Crippen MR) is 104 cm³/mol. The Hall–Kier alpha value is -1.40. The topological polar surface area (TPSA) is 93.0 Å². The summed E-state index contributed by atoms with van der Waals surface area (Å²) in [6.45, 7) is 9.71. The third-order valence-corrected chi connectivity index (χ3v) is 7.16. The van der Waals surface area contributed by atoms with Gasteiger partial charge >= 0.3 is 0 Å². The molecular weight excluding hydrogens is 340 g/mol. The number of nitrogens with zero attached hydrogens (tertiary/aromatic N) is 1. The molecule has 1 aromatic heterocycles. The van der Waals surface area contributed by atoms with Crippen LogP contribution in [0.2, 0.25) is 0 Å². The van der Waals surface area contributed by atoms with Crippen molar-refractivity contribution in [1.82, 2.24) is 15.5 Å². The highest BCUT2D eigenvalue weighted by Gasteiger charge is 2.60. The Morgan fingerprint density at radius 3 is 2.48 bits per heavy atom. The van der Waals surface area contributed by atoms with Crippen molar-refractivity contribution >= 4 is 5.91 Å². The molecule has 150 valence electrons. The minimum Gasteiger partial charge on any atom is -0.373 e. The van der Waals surface area contributed by atoms with Crippen LogP contribution < -0.4 is 11.1 Å². The fourth-order valence-corrected chi connectivity index (χ4v) is 7.20. The molecule has 4 aliphatic rings. The molecule has 0 radical (unpaired) electrons. The maximum Gasteiger partial charge on any atom is 0.241 e. The number of ether oxygens (including phenoxy) is 1. The van der Waals surface area contributed by atoms with E-state index in [2.05, 4.69) is 29.4 Å². The molecule has 3 atom stereocenters. The van der Waals surface area contributed by atoms with E-state index < -0.39 is 6.04 Å². The van der Waals surface area contributed by atoms with Crippen LogP contribution in [-0.4, -0.2) is 34.9 Å². The van der Waals surface area contributed by atoms with E-state index in [0.717, 1.165) is 22.9 Å². The molecule has 0 unspecified atom stereocenters. The largest absolute Gasteiger partial charge is 0.373 e. The van der Waals surface area contributed by atoms with E-state index in [1.165, 1.54) is 38.5 Å². The van der Waals surface area contributed by atoms with Gasteiger partial charge in [0.15, 0.2) is 0 Å². The number of aromatic nitrogens is 2. The lowest BCUT2D eigenvalue weighted by molar-refractivity contribution is -0.213. The van der Waals surface area contributed by atoms with Crippen molar-refractivity contribution in [2.24, 2.45) is 22.5 Å². The van der Waals surface area contributed by atoms with Crippen LogP contribution in [0.5, 0.6) is 0 Å². The number of hydrogen-bond acceptors (Lipinski definition) is 4. The molecule has 0 aromatic carbocycles. The number of carbonyl (C=O) groups is 1. The molecule has 1 aromatic rings. The summed E-state index contributed by atoms with van der Waals surface area (Å²) in [6.07, 6.45) is 7.61. The second-order valence-electron chi connectivity index (χ2n) is 10.3. The van der Waals surface area contributed by atoms with Gasteiger partial charge in [-0.3, -0.25) is 9.89 Å². The molecule has 27 heavy (non-hydrogen) atoms. The maximum absolute atomic E-state index is 12.4. The van der Waals surface area contributed by atoms with Crippen LogP contribution in [-0.2, 0) is 9.53 Å². The first kappa shape index (κ1) is 18.9. The number of amides is 1. The number of nitrogens with two attached hydrogens (primary N) is 1. The first-order valence-corrected chi connectivity index (χ1v) is 10.3. The smallest absolute Gasteiger partial charge is 0.241 e. The van der Waals surface area contributed by atoms with Gasteiger partial charge in [0.2, 0.25) is 5.91 Å². The van der Waals surface area contributed by atoms with Crippen LogP contribution in [0.25, 0.3) is 0 Å². The third kappa shape index (κ3) is 3.42. The summed E-state index contributed by atoms with van der Waals surface area (Å²) in [4.78, 5) is 12.4. The number of H-pyrrole nitrogens is 1. The lowest BCUT2D eigenvalue weighted by Crippen LogP contribution is -2.59. The van der Waals surface area contributed by atoms with Gasteiger partial charge in [0.05, 0.1) is 17.9 Å². The van der Waals surface area contributed by atoms with Crippen LogP contribution in [0.4, 0.5) is 0 Å². The molecular formula is C21H34N4O2. The molecule has 6 heteroatoms. The van der Waals surface area contributed by atoms with Crippen molar-refractivity contribution in [2.75, 3.05) is 13.2 Å². The van der Waals surface area contributed by atoms with Crippen molar-refractivity contribution in [3.8, 4) is 0 Å². The van der Waals surface area contributed by atoms with Crippen LogP contribution in [0, 0.1) is 30.6 Å². The molecule has 4 saturated carbocycles. The summed E-state index contributed by atoms with van der Waals surface area (Å²) in [7, 11) is 0. The lowest BCUT2D eigenvalue weighted by atomic mass is 9.43. The van der Waals surface area contributed by atoms with Gasteiger partial charge in [-0.15, -0.1) is 0 Å². The monoisotopic (exact) mass is 374 g/mol. The number of aryl methyl sites for hydroxylation is 2. The van der Waals surface area contributed by atoms with Gasteiger partial charge in [-0.05, 0) is 69.1 Å². The van der Waals surface area contributed by atoms with E-state index >= 15 is 0 Å². The third-order valence-electron chi connectivity index (χ3n) is 7.16. The molecule has 0 spiro atoms. The maximum atomic E-state index is 12.4. The second kappa shape index (κ2) is 6.31. The minimum atomic E-state index is -0.693. The van der Waals surface area contributed by atoms with E-state index in [4.69, 9.17) is 10.5 Å². The molecule has 0 saturated heterocycles. The SMILES string of the molecule is Cc1n[nH]c(C)c1[C@@H](N)C(=O)NCCOC12CC3C[C@@](C)(C1)C[C@@](C)(C3)C2. The molecule has 1 heterocycles. The molecule has 4 N–H and O–H groups in total. The highest BCUT2D eigenvalue weighted by Crippen LogP contribution is 2.67. The van der Waals surface area contributed by atoms with E-state index in [9.17, 15) is 4.79 Å². The number of rotatable bonds is 6. The Bertz CT molecular complexity index is 705. The van der Waals surface area contributed by atoms with E-state index in [-0.39, 0.29) is 11.5 Å². The summed E-state index contributed by atoms with van der Waals surface area (Å²) in [6, 6.07) is -0.693. The normalized spacial score (nSPS) is 38.2. The number of hydrogen-bond donors (Lipinski definition) is 3. The zero-order valence-electron chi connectivity index (χ0n) is 17.2. The first-order valence-electron chi connectivity index (χ1n) is 10.3. The molecule has 4 bridgehead atoms. The molecule has 4 fully saturated rings. The van der Waals surface area contributed by atoms with Crippen molar-refractivity contribution in [1.29, 1.82) is 0 Å². The Labute approximate surface area is 162 Å². The zero-order valence-corrected chi connectivity index (χ0v) is 17.2. The van der Waals surface area contributed by atoms with Gasteiger partial charge in [-0.2, -0.15) is 5.10 Å². The van der Waals surface area contributed by atoms with Gasteiger partial charge in [-0.1, -0.05) is 13.8 Å². The summed E-state index contributed by atoms with van der Waals surface area (Å²) >= 11 is 0. The summed E-state index contributed by atoms with van der Waals surface area (Å²) < 4.78 is 6.47. The van der Waals surface area contributed by atoms with E-state index in [1.54, 1.807) is 0 Å². The molecule has 6 nitrogen and oxygen atoms in total. The van der Waals surface area contributed by atoms with Crippen molar-refractivity contribution in [3.63, 3.8) is 0 Å². The van der Waals surface area contributed by atoms with Gasteiger partial charge in [0.25, 0.3) is 0 Å².